The van der Waals surface area contributed by atoms with Gasteiger partial charge in [-0.3, -0.25) is 0 Å². The summed E-state index contributed by atoms with van der Waals surface area (Å²) in [6.45, 7) is 6.81. The van der Waals surface area contributed by atoms with E-state index in [0.717, 1.165) is 25.7 Å². The molecule has 0 aliphatic heterocycles. The third-order valence-corrected chi connectivity index (χ3v) is 7.06. The summed E-state index contributed by atoms with van der Waals surface area (Å²) in [5, 5.41) is 0. The van der Waals surface area contributed by atoms with Crippen LogP contribution < -0.4 is 10.5 Å². The third kappa shape index (κ3) is 14.0. The van der Waals surface area contributed by atoms with Crippen molar-refractivity contribution >= 4 is 6.09 Å². The number of benzene rings is 1. The van der Waals surface area contributed by atoms with Crippen molar-refractivity contribution in [3.63, 3.8) is 0 Å². The molecule has 0 radical (unpaired) electrons. The van der Waals surface area contributed by atoms with Gasteiger partial charge in [0.1, 0.15) is 5.75 Å². The smallest absolute Gasteiger partial charge is 0.409 e. The van der Waals surface area contributed by atoms with Crippen molar-refractivity contribution in [2.24, 2.45) is 5.73 Å². The molecule has 1 aromatic rings. The number of carbonyl (C=O) groups is 1. The highest BCUT2D eigenvalue weighted by Crippen LogP contribution is 2.31. The van der Waals surface area contributed by atoms with Gasteiger partial charge < -0.3 is 10.5 Å². The Balaban J connectivity index is 2.90. The molecule has 0 aliphatic carbocycles. The molecule has 3 heteroatoms. The number of primary amides is 1. The van der Waals surface area contributed by atoms with Gasteiger partial charge in [0, 0.05) is 0 Å². The highest BCUT2D eigenvalue weighted by Gasteiger charge is 2.16. The van der Waals surface area contributed by atoms with Gasteiger partial charge in [-0.05, 0) is 61.3 Å². The standard InChI is InChI=1S/C31H55NO2/c1-4-7-10-13-16-19-22-27-25-26-30(34-31(32)33)29(24-21-18-15-12-9-6-3)28(27)23-20-17-14-11-8-5-2/h25-26H,4-24H2,1-3H3,(H2,32,33). The molecule has 3 nitrogen and oxygen atoms in total. The number of rotatable bonds is 22. The molecule has 0 unspecified atom stereocenters. The molecule has 0 heterocycles. The highest BCUT2D eigenvalue weighted by atomic mass is 16.5. The van der Waals surface area contributed by atoms with E-state index in [0.29, 0.717) is 5.75 Å². The molecular formula is C31H55NO2. The fourth-order valence-corrected chi connectivity index (χ4v) is 5.00. The third-order valence-electron chi connectivity index (χ3n) is 7.06. The molecule has 196 valence electrons. The van der Waals surface area contributed by atoms with Gasteiger partial charge in [0.05, 0.1) is 0 Å². The number of unbranched alkanes of at least 4 members (excludes halogenated alkanes) is 15. The van der Waals surface area contributed by atoms with Gasteiger partial charge in [0.2, 0.25) is 0 Å². The van der Waals surface area contributed by atoms with Crippen LogP contribution in [0, 0.1) is 0 Å². The minimum absolute atomic E-state index is 0.696. The number of hydrogen-bond acceptors (Lipinski definition) is 2. The van der Waals surface area contributed by atoms with Crippen molar-refractivity contribution in [2.75, 3.05) is 0 Å². The van der Waals surface area contributed by atoms with Gasteiger partial charge in [0.25, 0.3) is 0 Å². The molecule has 0 atom stereocenters. The first-order valence-corrected chi connectivity index (χ1v) is 14.7. The molecule has 1 rings (SSSR count). The normalized spacial score (nSPS) is 11.1. The second kappa shape index (κ2) is 20.8. The maximum absolute atomic E-state index is 11.6. The fraction of sp³-hybridized carbons (Fsp3) is 0.774. The van der Waals surface area contributed by atoms with Crippen molar-refractivity contribution in [3.8, 4) is 5.75 Å². The van der Waals surface area contributed by atoms with Crippen LogP contribution in [0.5, 0.6) is 5.75 Å². The van der Waals surface area contributed by atoms with E-state index in [1.807, 2.05) is 6.07 Å². The first-order valence-electron chi connectivity index (χ1n) is 14.7. The molecule has 2 N–H and O–H groups in total. The first kappa shape index (κ1) is 30.5. The van der Waals surface area contributed by atoms with E-state index in [4.69, 9.17) is 10.5 Å². The topological polar surface area (TPSA) is 52.3 Å². The lowest BCUT2D eigenvalue weighted by Crippen LogP contribution is -2.18. The second-order valence-electron chi connectivity index (χ2n) is 10.2. The van der Waals surface area contributed by atoms with Crippen molar-refractivity contribution in [1.82, 2.24) is 0 Å². The van der Waals surface area contributed by atoms with Crippen LogP contribution in [0.4, 0.5) is 4.79 Å². The maximum Gasteiger partial charge on any atom is 0.409 e. The van der Waals surface area contributed by atoms with Gasteiger partial charge in [0.15, 0.2) is 0 Å². The molecule has 0 bridgehead atoms. The van der Waals surface area contributed by atoms with Crippen LogP contribution in [0.3, 0.4) is 0 Å². The van der Waals surface area contributed by atoms with E-state index >= 15 is 0 Å². The summed E-state index contributed by atoms with van der Waals surface area (Å²) in [6, 6.07) is 4.22. The summed E-state index contributed by atoms with van der Waals surface area (Å²) in [7, 11) is 0. The average molecular weight is 474 g/mol. The van der Waals surface area contributed by atoms with Gasteiger partial charge in [-0.2, -0.15) is 0 Å². The van der Waals surface area contributed by atoms with Crippen LogP contribution in [-0.2, 0) is 19.3 Å². The number of carbonyl (C=O) groups excluding carboxylic acids is 1. The van der Waals surface area contributed by atoms with E-state index in [2.05, 4.69) is 26.8 Å². The van der Waals surface area contributed by atoms with Gasteiger partial charge in [-0.25, -0.2) is 4.79 Å². The van der Waals surface area contributed by atoms with E-state index in [1.54, 1.807) is 0 Å². The van der Waals surface area contributed by atoms with E-state index in [1.165, 1.54) is 126 Å². The fourth-order valence-electron chi connectivity index (χ4n) is 5.00. The molecule has 34 heavy (non-hydrogen) atoms. The minimum Gasteiger partial charge on any atom is -0.410 e. The zero-order valence-electron chi connectivity index (χ0n) is 22.9. The lowest BCUT2D eigenvalue weighted by molar-refractivity contribution is 0.210. The Morgan fingerprint density at radius 3 is 1.47 bits per heavy atom. The number of nitrogens with two attached hydrogens (primary N) is 1. The van der Waals surface area contributed by atoms with Crippen LogP contribution >= 0.6 is 0 Å². The first-order chi connectivity index (χ1) is 16.6. The van der Waals surface area contributed by atoms with Crippen LogP contribution in [0.1, 0.15) is 153 Å². The number of ether oxygens (including phenoxy) is 1. The summed E-state index contributed by atoms with van der Waals surface area (Å²) in [5.74, 6) is 0.703. The molecule has 0 spiro atoms. The molecule has 1 amide bonds. The monoisotopic (exact) mass is 473 g/mol. The lowest BCUT2D eigenvalue weighted by atomic mass is 9.89. The Bertz CT molecular complexity index is 641. The Morgan fingerprint density at radius 1 is 0.588 bits per heavy atom. The molecular weight excluding hydrogens is 418 g/mol. The highest BCUT2D eigenvalue weighted by molar-refractivity contribution is 5.69. The quantitative estimate of drug-likeness (QED) is 0.170. The van der Waals surface area contributed by atoms with Gasteiger partial charge in [-0.15, -0.1) is 0 Å². The Hall–Kier alpha value is -1.51. The predicted octanol–water partition coefficient (Wildman–Crippen LogP) is 9.85. The summed E-state index contributed by atoms with van der Waals surface area (Å²) >= 11 is 0. The predicted molar refractivity (Wildman–Crippen MR) is 148 cm³/mol. The summed E-state index contributed by atoms with van der Waals surface area (Å²) in [5.41, 5.74) is 9.62. The van der Waals surface area contributed by atoms with Gasteiger partial charge in [-0.1, -0.05) is 123 Å². The summed E-state index contributed by atoms with van der Waals surface area (Å²) in [4.78, 5) is 11.6. The minimum atomic E-state index is -0.696. The molecule has 1 aromatic carbocycles. The molecule has 0 aromatic heterocycles. The molecule has 0 saturated heterocycles. The van der Waals surface area contributed by atoms with Crippen molar-refractivity contribution < 1.29 is 9.53 Å². The summed E-state index contributed by atoms with van der Waals surface area (Å²) < 4.78 is 5.50. The number of hydrogen-bond donors (Lipinski definition) is 1. The van der Waals surface area contributed by atoms with Crippen molar-refractivity contribution in [2.45, 2.75) is 156 Å². The van der Waals surface area contributed by atoms with Crippen LogP contribution in [-0.4, -0.2) is 6.09 Å². The molecule has 0 aliphatic rings. The number of amides is 1. The SMILES string of the molecule is CCCCCCCCc1ccc(OC(N)=O)c(CCCCCCCC)c1CCCCCCCC. The lowest BCUT2D eigenvalue weighted by Gasteiger charge is -2.19. The molecule has 0 saturated carbocycles. The Kier molecular flexibility index (Phi) is 18.7. The summed E-state index contributed by atoms with van der Waals surface area (Å²) in [6.07, 6.45) is 25.9. The zero-order chi connectivity index (χ0) is 24.9. The maximum atomic E-state index is 11.6. The van der Waals surface area contributed by atoms with E-state index < -0.39 is 6.09 Å². The van der Waals surface area contributed by atoms with Crippen LogP contribution in [0.15, 0.2) is 12.1 Å². The van der Waals surface area contributed by atoms with Crippen LogP contribution in [0.25, 0.3) is 0 Å². The Labute approximate surface area is 211 Å². The largest absolute Gasteiger partial charge is 0.410 e. The second-order valence-corrected chi connectivity index (χ2v) is 10.2. The number of aryl methyl sites for hydroxylation is 1. The zero-order valence-corrected chi connectivity index (χ0v) is 22.9. The average Bonchev–Trinajstić information content (AvgIpc) is 2.82. The Morgan fingerprint density at radius 2 is 1.00 bits per heavy atom. The van der Waals surface area contributed by atoms with Crippen LogP contribution in [0.2, 0.25) is 0 Å². The van der Waals surface area contributed by atoms with E-state index in [-0.39, 0.29) is 0 Å². The van der Waals surface area contributed by atoms with Gasteiger partial charge >= 0.3 is 6.09 Å². The molecule has 0 fully saturated rings. The van der Waals surface area contributed by atoms with E-state index in [9.17, 15) is 4.79 Å². The van der Waals surface area contributed by atoms with Crippen molar-refractivity contribution in [1.29, 1.82) is 0 Å². The van der Waals surface area contributed by atoms with Crippen molar-refractivity contribution in [3.05, 3.63) is 28.8 Å².